The topological polar surface area (TPSA) is 111 Å². The minimum Gasteiger partial charge on any atom is -0.481 e. The highest BCUT2D eigenvalue weighted by Crippen LogP contribution is 2.48. The maximum Gasteiger partial charge on any atom is 0.412 e. The molecule has 0 aliphatic heterocycles. The zero-order valence-corrected chi connectivity index (χ0v) is 21.5. The van der Waals surface area contributed by atoms with Crippen molar-refractivity contribution in [3.8, 4) is 22.8 Å². The zero-order chi connectivity index (χ0) is 26.9. The molecule has 0 bridgehead atoms. The molecule has 3 aromatic carbocycles. The van der Waals surface area contributed by atoms with Crippen LogP contribution in [0.3, 0.4) is 0 Å². The minimum absolute atomic E-state index is 0.379. The fourth-order valence-electron chi connectivity index (χ4n) is 4.28. The average Bonchev–Trinajstić information content (AvgIpc) is 3.65. The Morgan fingerprint density at radius 2 is 1.66 bits per heavy atom. The summed E-state index contributed by atoms with van der Waals surface area (Å²) in [5.41, 5.74) is 2.31. The van der Waals surface area contributed by atoms with Crippen molar-refractivity contribution in [3.63, 3.8) is 0 Å². The molecule has 1 aliphatic carbocycles. The monoisotopic (exact) mass is 532 g/mol. The Balaban J connectivity index is 1.25. The summed E-state index contributed by atoms with van der Waals surface area (Å²) >= 11 is 6.21. The molecule has 0 radical (unpaired) electrons. The van der Waals surface area contributed by atoms with Crippen molar-refractivity contribution in [2.75, 3.05) is 5.32 Å². The number of anilines is 1. The Morgan fingerprint density at radius 3 is 2.26 bits per heavy atom. The predicted molar refractivity (Wildman–Crippen MR) is 142 cm³/mol. The Hall–Kier alpha value is -4.30. The molecule has 4 aromatic rings. The summed E-state index contributed by atoms with van der Waals surface area (Å²) < 4.78 is 16.9. The predicted octanol–water partition coefficient (Wildman–Crippen LogP) is 7.52. The third kappa shape index (κ3) is 5.08. The molecule has 1 amide bonds. The number of hydrogen-bond acceptors (Lipinski definition) is 6. The molecular formula is C29H25ClN2O6. The van der Waals surface area contributed by atoms with E-state index in [1.54, 1.807) is 74.5 Å². The lowest BCUT2D eigenvalue weighted by Gasteiger charge is -2.15. The van der Waals surface area contributed by atoms with E-state index < -0.39 is 23.6 Å². The van der Waals surface area contributed by atoms with Crippen molar-refractivity contribution in [3.05, 3.63) is 94.6 Å². The summed E-state index contributed by atoms with van der Waals surface area (Å²) in [6, 6.07) is 21.4. The Morgan fingerprint density at radius 1 is 1.03 bits per heavy atom. The van der Waals surface area contributed by atoms with Gasteiger partial charge in [0.15, 0.2) is 5.76 Å². The largest absolute Gasteiger partial charge is 0.481 e. The van der Waals surface area contributed by atoms with Crippen LogP contribution in [0.15, 0.2) is 77.3 Å². The van der Waals surface area contributed by atoms with E-state index >= 15 is 0 Å². The van der Waals surface area contributed by atoms with E-state index in [2.05, 4.69) is 10.5 Å². The molecule has 1 unspecified atom stereocenters. The average molecular weight is 533 g/mol. The number of benzene rings is 3. The van der Waals surface area contributed by atoms with Crippen LogP contribution in [0.2, 0.25) is 5.02 Å². The molecule has 1 fully saturated rings. The number of nitrogens with one attached hydrogen (secondary N) is 1. The molecule has 1 heterocycles. The fourth-order valence-corrected chi connectivity index (χ4v) is 4.57. The van der Waals surface area contributed by atoms with Crippen LogP contribution in [-0.2, 0) is 14.9 Å². The Bertz CT molecular complexity index is 1480. The Kier molecular flexibility index (Phi) is 6.82. The zero-order valence-electron chi connectivity index (χ0n) is 20.7. The van der Waals surface area contributed by atoms with Gasteiger partial charge in [0.1, 0.15) is 29.0 Å². The molecule has 0 saturated heterocycles. The number of carboxylic acids is 1. The summed E-state index contributed by atoms with van der Waals surface area (Å²) in [6.07, 6.45) is 0.0844. The van der Waals surface area contributed by atoms with Crippen molar-refractivity contribution >= 4 is 29.4 Å². The van der Waals surface area contributed by atoms with Crippen LogP contribution in [0.1, 0.15) is 42.7 Å². The van der Waals surface area contributed by atoms with Crippen molar-refractivity contribution < 1.29 is 28.7 Å². The molecule has 9 heteroatoms. The van der Waals surface area contributed by atoms with Gasteiger partial charge in [0.05, 0.1) is 5.41 Å². The maximum atomic E-state index is 12.6. The van der Waals surface area contributed by atoms with Crippen LogP contribution in [0.4, 0.5) is 10.5 Å². The van der Waals surface area contributed by atoms with Gasteiger partial charge in [-0.25, -0.2) is 4.79 Å². The first-order valence-corrected chi connectivity index (χ1v) is 12.5. The highest BCUT2D eigenvalue weighted by Gasteiger charge is 2.51. The van der Waals surface area contributed by atoms with Gasteiger partial charge in [-0.1, -0.05) is 47.1 Å². The van der Waals surface area contributed by atoms with Crippen LogP contribution in [-0.4, -0.2) is 22.3 Å². The molecule has 1 atom stereocenters. The van der Waals surface area contributed by atoms with Crippen LogP contribution in [0, 0.1) is 6.92 Å². The van der Waals surface area contributed by atoms with E-state index in [1.807, 2.05) is 12.1 Å². The normalized spacial score (nSPS) is 14.4. The number of carboxylic acid groups (broad SMARTS) is 1. The van der Waals surface area contributed by atoms with Gasteiger partial charge in [0.2, 0.25) is 0 Å². The first-order chi connectivity index (χ1) is 18.3. The first kappa shape index (κ1) is 25.4. The molecule has 0 spiro atoms. The number of aliphatic carboxylic acids is 1. The number of aromatic nitrogens is 1. The molecular weight excluding hydrogens is 508 g/mol. The molecule has 194 valence electrons. The maximum absolute atomic E-state index is 12.6. The highest BCUT2D eigenvalue weighted by atomic mass is 35.5. The van der Waals surface area contributed by atoms with E-state index in [0.29, 0.717) is 57.6 Å². The van der Waals surface area contributed by atoms with Gasteiger partial charge in [-0.15, -0.1) is 0 Å². The minimum atomic E-state index is -0.790. The summed E-state index contributed by atoms with van der Waals surface area (Å²) in [5, 5.41) is 16.7. The van der Waals surface area contributed by atoms with Gasteiger partial charge < -0.3 is 19.1 Å². The van der Waals surface area contributed by atoms with Gasteiger partial charge in [-0.05, 0) is 74.7 Å². The van der Waals surface area contributed by atoms with Crippen molar-refractivity contribution in [2.45, 2.75) is 38.2 Å². The van der Waals surface area contributed by atoms with E-state index in [9.17, 15) is 14.7 Å². The van der Waals surface area contributed by atoms with Gasteiger partial charge >= 0.3 is 12.1 Å². The van der Waals surface area contributed by atoms with E-state index in [0.717, 1.165) is 5.56 Å². The number of rotatable bonds is 8. The molecule has 1 saturated carbocycles. The van der Waals surface area contributed by atoms with Crippen LogP contribution >= 0.6 is 11.6 Å². The van der Waals surface area contributed by atoms with Gasteiger partial charge in [-0.2, -0.15) is 0 Å². The highest BCUT2D eigenvalue weighted by molar-refractivity contribution is 6.31. The number of ether oxygens (including phenoxy) is 2. The number of nitrogens with zero attached hydrogens (tertiary/aromatic N) is 1. The molecule has 2 N–H and O–H groups in total. The molecule has 38 heavy (non-hydrogen) atoms. The van der Waals surface area contributed by atoms with E-state index in [1.165, 1.54) is 0 Å². The number of amides is 1. The van der Waals surface area contributed by atoms with Crippen molar-refractivity contribution in [2.24, 2.45) is 0 Å². The number of hydrogen-bond donors (Lipinski definition) is 2. The lowest BCUT2D eigenvalue weighted by atomic mass is 9.96. The van der Waals surface area contributed by atoms with Crippen molar-refractivity contribution in [1.82, 2.24) is 5.16 Å². The molecule has 1 aliphatic rings. The number of carbonyl (C=O) groups is 2. The summed E-state index contributed by atoms with van der Waals surface area (Å²) in [4.78, 5) is 24.2. The van der Waals surface area contributed by atoms with Gasteiger partial charge in [0, 0.05) is 16.1 Å². The summed E-state index contributed by atoms with van der Waals surface area (Å²) in [5.74, 6) is 0.765. The standard InChI is InChI=1S/C29H25ClN2O6/c1-17-25(31-28(35)36-18(2)23-5-3-4-6-24(23)30)26(38-32-17)19-7-11-21(12-8-19)37-22-13-9-20(10-14-22)29(15-16-29)27(33)34/h3-14,18H,15-16H2,1-2H3,(H,31,35)(H,33,34). The molecule has 5 rings (SSSR count). The smallest absolute Gasteiger partial charge is 0.412 e. The summed E-state index contributed by atoms with van der Waals surface area (Å²) in [7, 11) is 0. The lowest BCUT2D eigenvalue weighted by Crippen LogP contribution is -2.19. The number of carbonyl (C=O) groups excluding carboxylic acids is 1. The second-order valence-electron chi connectivity index (χ2n) is 9.20. The van der Waals surface area contributed by atoms with Crippen LogP contribution in [0.5, 0.6) is 11.5 Å². The number of halogens is 1. The van der Waals surface area contributed by atoms with Crippen LogP contribution < -0.4 is 10.1 Å². The third-order valence-corrected chi connectivity index (χ3v) is 6.98. The van der Waals surface area contributed by atoms with Gasteiger partial charge in [-0.3, -0.25) is 10.1 Å². The van der Waals surface area contributed by atoms with Crippen molar-refractivity contribution in [1.29, 1.82) is 0 Å². The third-order valence-electron chi connectivity index (χ3n) is 6.64. The Labute approximate surface area is 224 Å². The molecule has 8 nitrogen and oxygen atoms in total. The second kappa shape index (κ2) is 10.2. The van der Waals surface area contributed by atoms with Gasteiger partial charge in [0.25, 0.3) is 0 Å². The van der Waals surface area contributed by atoms with Crippen LogP contribution in [0.25, 0.3) is 11.3 Å². The SMILES string of the molecule is Cc1noc(-c2ccc(Oc3ccc(C4(C(=O)O)CC4)cc3)cc2)c1NC(=O)OC(C)c1ccccc1Cl. The fraction of sp³-hybridized carbons (Fsp3) is 0.207. The summed E-state index contributed by atoms with van der Waals surface area (Å²) in [6.45, 7) is 3.46. The first-order valence-electron chi connectivity index (χ1n) is 12.1. The van der Waals surface area contributed by atoms with E-state index in [4.69, 9.17) is 25.6 Å². The molecule has 1 aromatic heterocycles. The second-order valence-corrected chi connectivity index (χ2v) is 9.61. The number of aryl methyl sites for hydroxylation is 1. The quantitative estimate of drug-likeness (QED) is 0.241. The lowest BCUT2D eigenvalue weighted by molar-refractivity contribution is -0.140. The van der Waals surface area contributed by atoms with E-state index in [-0.39, 0.29) is 0 Å².